The smallest absolute Gasteiger partial charge is 0.250 e. The number of aryl methyl sites for hydroxylation is 1. The van der Waals surface area contributed by atoms with Crippen LogP contribution in [0.4, 0.5) is 103 Å². The van der Waals surface area contributed by atoms with Crippen molar-refractivity contribution in [1.82, 2.24) is 59.8 Å². The highest BCUT2D eigenvalue weighted by Gasteiger charge is 2.18. The Bertz CT molecular complexity index is 7800. The van der Waals surface area contributed by atoms with Crippen LogP contribution in [0, 0.1) is 6.92 Å². The lowest BCUT2D eigenvalue weighted by molar-refractivity contribution is -0.114. The Hall–Kier alpha value is -16.4. The van der Waals surface area contributed by atoms with Gasteiger partial charge < -0.3 is 63.4 Å². The average Bonchev–Trinajstić information content (AvgIpc) is 0.826. The maximum Gasteiger partial charge on any atom is 0.250 e. The van der Waals surface area contributed by atoms with Gasteiger partial charge in [-0.3, -0.25) is 28.8 Å². The fraction of sp³-hybridized carbons (Fsp3) is 0.0556. The van der Waals surface area contributed by atoms with Crippen molar-refractivity contribution >= 4 is 300 Å². The Kier molecular flexibility index (Phi) is 37.7. The van der Waals surface area contributed by atoms with Crippen molar-refractivity contribution in [2.24, 2.45) is 0 Å². The third-order valence-corrected chi connectivity index (χ3v) is 23.4. The fourth-order valence-corrected chi connectivity index (χ4v) is 16.0. The summed E-state index contributed by atoms with van der Waals surface area (Å²) in [7, 11) is 1.70. The monoisotopic (exact) mass is 2290 g/mol. The molecule has 0 unspecified atom stereocenters. The number of aromatic nitrogens is 12. The zero-order chi connectivity index (χ0) is 102. The van der Waals surface area contributed by atoms with Gasteiger partial charge in [-0.05, 0) is 283 Å². The molecule has 36 heteroatoms. The maximum absolute atomic E-state index is 11.7. The third-order valence-electron chi connectivity index (χ3n) is 20.4. The SMILES string of the molecule is C/C=C/C(=O)Nc1ccc2c(Nc3cccc(Br)c3)ncnc2c1.C/C=C\C(=O)Nc1ccc2c(Nc3cccc(Br)c3)ncnc2c1.C/C=C\C(=O)Nc1ccc2ncnc(Nc3cccc(Br)c3)c2c1.C=C(C)C(=O)Nc1ccc2c(Nc3cccc(Br)c3)ncnc2c1.C=CC(=O)N(C)c1ccc2c(Nc3cccc(Br)c3)ncnc2c1.C=CC(=O)Nc1cc2ncnc(Nc3cccc(Br)c3)c2cc1C. The van der Waals surface area contributed by atoms with E-state index in [0.29, 0.717) is 68.9 Å². The quantitative estimate of drug-likeness (QED) is 0.0250. The van der Waals surface area contributed by atoms with Gasteiger partial charge in [0.1, 0.15) is 72.9 Å². The number of carbonyl (C=O) groups is 6. The summed E-state index contributed by atoms with van der Waals surface area (Å²) < 4.78 is 5.90. The van der Waals surface area contributed by atoms with Crippen molar-refractivity contribution in [1.29, 1.82) is 0 Å². The Labute approximate surface area is 878 Å². The molecule has 0 spiro atoms. The molecule has 6 aromatic heterocycles. The minimum Gasteiger partial charge on any atom is -0.340 e. The highest BCUT2D eigenvalue weighted by molar-refractivity contribution is 9.11. The van der Waals surface area contributed by atoms with Gasteiger partial charge >= 0.3 is 0 Å². The van der Waals surface area contributed by atoms with Crippen molar-refractivity contribution in [3.8, 4) is 0 Å². The molecule has 0 aliphatic carbocycles. The van der Waals surface area contributed by atoms with E-state index < -0.39 is 0 Å². The summed E-state index contributed by atoms with van der Waals surface area (Å²) in [6, 6.07) is 78.6. The van der Waals surface area contributed by atoms with Crippen molar-refractivity contribution in [3.05, 3.63) is 393 Å². The number of allylic oxidation sites excluding steroid dienone is 3. The number of likely N-dealkylation sites (N-methyl/N-ethyl adjacent to an activating group) is 1. The topological polar surface area (TPSA) is 393 Å². The normalized spacial score (nSPS) is 10.7. The summed E-state index contributed by atoms with van der Waals surface area (Å²) in [6.07, 6.45) is 21.0. The Morgan fingerprint density at radius 3 is 0.889 bits per heavy atom. The molecule has 11 N–H and O–H groups in total. The molecule has 0 saturated carbocycles. The van der Waals surface area contributed by atoms with Gasteiger partial charge in [0.05, 0.1) is 33.1 Å². The number of carbonyl (C=O) groups excluding carboxylic acids is 6. The molecule has 12 aromatic carbocycles. The van der Waals surface area contributed by atoms with E-state index in [4.69, 9.17) is 0 Å². The molecule has 30 nitrogen and oxygen atoms in total. The summed E-state index contributed by atoms with van der Waals surface area (Å²) in [6.45, 7) is 19.6. The molecule has 0 saturated heterocycles. The zero-order valence-corrected chi connectivity index (χ0v) is 87.4. The molecule has 0 fully saturated rings. The minimum absolute atomic E-state index is 0.168. The predicted octanol–water partition coefficient (Wildman–Crippen LogP) is 27.5. The van der Waals surface area contributed by atoms with Crippen LogP contribution in [0.15, 0.2) is 387 Å². The highest BCUT2D eigenvalue weighted by Crippen LogP contribution is 2.36. The van der Waals surface area contributed by atoms with Gasteiger partial charge in [-0.15, -0.1) is 0 Å². The Morgan fingerprint density at radius 1 is 0.292 bits per heavy atom. The largest absolute Gasteiger partial charge is 0.340 e. The molecule has 720 valence electrons. The van der Waals surface area contributed by atoms with E-state index in [2.05, 4.69) is 234 Å². The first-order chi connectivity index (χ1) is 69.6. The lowest BCUT2D eigenvalue weighted by Gasteiger charge is -2.16. The molecule has 144 heavy (non-hydrogen) atoms. The first-order valence-electron chi connectivity index (χ1n) is 43.9. The average molecular weight is 2300 g/mol. The number of nitrogens with one attached hydrogen (secondary N) is 11. The van der Waals surface area contributed by atoms with Crippen LogP contribution in [-0.2, 0) is 28.8 Å². The van der Waals surface area contributed by atoms with E-state index in [9.17, 15) is 28.8 Å². The van der Waals surface area contributed by atoms with Gasteiger partial charge in [-0.25, -0.2) is 59.8 Å². The number of halogens is 6. The molecule has 0 atom stereocenters. The molecule has 6 heterocycles. The number of hydrogen-bond donors (Lipinski definition) is 11. The molecule has 0 radical (unpaired) electrons. The van der Waals surface area contributed by atoms with E-state index in [0.717, 1.165) is 138 Å². The van der Waals surface area contributed by atoms with Crippen LogP contribution >= 0.6 is 95.6 Å². The highest BCUT2D eigenvalue weighted by atomic mass is 79.9. The number of nitrogens with zero attached hydrogens (tertiary/aromatic N) is 13. The lowest BCUT2D eigenvalue weighted by Crippen LogP contribution is -2.23. The molecule has 0 aliphatic heterocycles. The maximum atomic E-state index is 11.7. The van der Waals surface area contributed by atoms with E-state index in [1.54, 1.807) is 53.0 Å². The van der Waals surface area contributed by atoms with Gasteiger partial charge in [0.15, 0.2) is 0 Å². The summed E-state index contributed by atoms with van der Waals surface area (Å²) in [5, 5.41) is 38.9. The summed E-state index contributed by atoms with van der Waals surface area (Å²) in [4.78, 5) is 123. The van der Waals surface area contributed by atoms with Gasteiger partial charge in [0.2, 0.25) is 29.5 Å². The number of hydrogen-bond acceptors (Lipinski definition) is 24. The van der Waals surface area contributed by atoms with Gasteiger partial charge in [0.25, 0.3) is 5.91 Å². The standard InChI is InChI=1S/6C18H15BrN4O/c1-11(2)18(24)23-14-6-7-15-16(9-14)20-10-21-17(15)22-13-5-3-4-12(19)8-13;1-3-17(24)23-15-9-16-14(7-11(15)2)18(21-10-20-16)22-13-6-4-5-12(19)8-13;1-3-17(24)23(2)14-7-8-15-16(10-14)20-11-21-18(15)22-13-6-4-5-12(19)9-13;1-2-4-17(24)22-14-7-8-16-15(10-14)18(21-11-20-16)23-13-6-3-5-12(19)9-13;2*1-2-4-17(24)22-14-7-8-15-16(10-14)20-11-21-18(15)23-13-6-3-5-12(19)9-13/h2*3-10H,1H2,2H3,(H,23,24)(H,20,21,22);3-11H,1H2,2H3,(H,20,21,22);3*2-11H,1H3,(H,22,24)(H,20,21,23)/b;;;4-2-;4-2+;4-2-. The van der Waals surface area contributed by atoms with E-state index >= 15 is 0 Å². The van der Waals surface area contributed by atoms with E-state index in [-0.39, 0.29) is 35.4 Å². The van der Waals surface area contributed by atoms with Crippen molar-refractivity contribution in [2.45, 2.75) is 34.6 Å². The molecule has 6 amide bonds. The van der Waals surface area contributed by atoms with E-state index in [1.807, 2.05) is 256 Å². The van der Waals surface area contributed by atoms with Crippen LogP contribution in [-0.4, -0.2) is 102 Å². The van der Waals surface area contributed by atoms with Gasteiger partial charge in [-0.2, -0.15) is 0 Å². The number of anilines is 18. The van der Waals surface area contributed by atoms with Crippen LogP contribution in [0.25, 0.3) is 65.4 Å². The van der Waals surface area contributed by atoms with Crippen molar-refractivity contribution in [3.63, 3.8) is 0 Å². The number of fused-ring (bicyclic) bond motifs is 6. The molecule has 0 bridgehead atoms. The molecular weight excluding hydrogens is 2210 g/mol. The summed E-state index contributed by atoms with van der Waals surface area (Å²) in [5.41, 5.74) is 15.6. The second-order valence-electron chi connectivity index (χ2n) is 31.0. The van der Waals surface area contributed by atoms with Crippen molar-refractivity contribution < 1.29 is 28.8 Å². The molecular formula is C108H90Br6N24O6. The van der Waals surface area contributed by atoms with Gasteiger partial charge in [-0.1, -0.05) is 170 Å². The second kappa shape index (κ2) is 51.7. The molecule has 18 rings (SSSR count). The first-order valence-corrected chi connectivity index (χ1v) is 48.7. The van der Waals surface area contributed by atoms with Crippen LogP contribution in [0.2, 0.25) is 0 Å². The minimum atomic E-state index is -0.251. The Morgan fingerprint density at radius 2 is 0.576 bits per heavy atom. The van der Waals surface area contributed by atoms with Crippen LogP contribution in [0.1, 0.15) is 33.3 Å². The third kappa shape index (κ3) is 30.3. The van der Waals surface area contributed by atoms with Crippen LogP contribution < -0.4 is 63.4 Å². The lowest BCUT2D eigenvalue weighted by atomic mass is 10.1. The first kappa shape index (κ1) is 105. The number of amides is 6. The summed E-state index contributed by atoms with van der Waals surface area (Å²) in [5.74, 6) is 3.09. The van der Waals surface area contributed by atoms with Gasteiger partial charge in [0, 0.05) is 140 Å². The number of benzene rings is 12. The van der Waals surface area contributed by atoms with Crippen LogP contribution in [0.3, 0.4) is 0 Å². The fourth-order valence-electron chi connectivity index (χ4n) is 13.6. The number of rotatable bonds is 24. The second-order valence-corrected chi connectivity index (χ2v) is 36.5. The van der Waals surface area contributed by atoms with E-state index in [1.165, 1.54) is 73.2 Å². The Balaban J connectivity index is 0.000000145. The van der Waals surface area contributed by atoms with Crippen LogP contribution in [0.5, 0.6) is 0 Å². The van der Waals surface area contributed by atoms with Crippen molar-refractivity contribution in [2.75, 3.05) is 70.4 Å². The molecule has 0 aliphatic rings. The molecule has 18 aromatic rings. The zero-order valence-electron chi connectivity index (χ0n) is 77.9. The predicted molar refractivity (Wildman–Crippen MR) is 603 cm³/mol. The summed E-state index contributed by atoms with van der Waals surface area (Å²) >= 11 is 20.7.